The molecule has 2 rings (SSSR count). The van der Waals surface area contributed by atoms with Gasteiger partial charge in [0, 0.05) is 22.7 Å². The number of nitrogen functional groups attached to an aromatic ring is 1. The van der Waals surface area contributed by atoms with E-state index < -0.39 is 5.91 Å². The Labute approximate surface area is 118 Å². The highest BCUT2D eigenvalue weighted by atomic mass is 32.2. The topological polar surface area (TPSA) is 81.1 Å². The largest absolute Gasteiger partial charge is 0.398 e. The molecule has 5 N–H and O–H groups in total. The summed E-state index contributed by atoms with van der Waals surface area (Å²) in [5, 5.41) is 3.42. The minimum Gasteiger partial charge on any atom is -0.398 e. The average molecular weight is 279 g/mol. The molecule has 1 aromatic carbocycles. The van der Waals surface area contributed by atoms with Crippen molar-refractivity contribution in [2.45, 2.75) is 30.4 Å². The van der Waals surface area contributed by atoms with Crippen LogP contribution < -0.4 is 16.8 Å². The number of thioether (sulfide) groups is 1. The molecule has 4 nitrogen and oxygen atoms in total. The normalized spacial score (nSPS) is 17.3. The monoisotopic (exact) mass is 279 g/mol. The zero-order valence-electron chi connectivity index (χ0n) is 11.2. The van der Waals surface area contributed by atoms with Crippen molar-refractivity contribution < 1.29 is 4.79 Å². The summed E-state index contributed by atoms with van der Waals surface area (Å²) in [5.74, 6) is -0.485. The highest BCUT2D eigenvalue weighted by Crippen LogP contribution is 2.40. The van der Waals surface area contributed by atoms with E-state index in [1.54, 1.807) is 12.1 Å². The molecular weight excluding hydrogens is 258 g/mol. The maximum absolute atomic E-state index is 11.3. The molecular formula is C14H21N3OS. The number of hydrogen-bond acceptors (Lipinski definition) is 4. The molecule has 0 radical (unpaired) electrons. The molecule has 0 atom stereocenters. The molecule has 0 bridgehead atoms. The fourth-order valence-corrected chi connectivity index (χ4v) is 3.53. The van der Waals surface area contributed by atoms with E-state index >= 15 is 0 Å². The van der Waals surface area contributed by atoms with Crippen LogP contribution in [0, 0.1) is 0 Å². The van der Waals surface area contributed by atoms with Crippen molar-refractivity contribution in [2.24, 2.45) is 5.73 Å². The Balaban J connectivity index is 2.07. The number of carbonyl (C=O) groups is 1. The summed E-state index contributed by atoms with van der Waals surface area (Å²) in [6.07, 6.45) is 7.27. The molecule has 104 valence electrons. The van der Waals surface area contributed by atoms with Gasteiger partial charge in [-0.15, -0.1) is 0 Å². The Hall–Kier alpha value is -1.36. The molecule has 1 fully saturated rings. The van der Waals surface area contributed by atoms with Gasteiger partial charge >= 0.3 is 0 Å². The number of rotatable bonds is 5. The van der Waals surface area contributed by atoms with Gasteiger partial charge in [-0.25, -0.2) is 0 Å². The number of primary amides is 1. The lowest BCUT2D eigenvalue weighted by Crippen LogP contribution is -2.30. The van der Waals surface area contributed by atoms with E-state index in [1.165, 1.54) is 25.7 Å². The maximum atomic E-state index is 11.3. The summed E-state index contributed by atoms with van der Waals surface area (Å²) in [5.41, 5.74) is 12.8. The van der Waals surface area contributed by atoms with Gasteiger partial charge in [-0.05, 0) is 37.3 Å². The predicted octanol–water partition coefficient (Wildman–Crippen LogP) is 2.46. The Bertz CT molecular complexity index is 470. The van der Waals surface area contributed by atoms with E-state index in [9.17, 15) is 4.79 Å². The Morgan fingerprint density at radius 3 is 2.68 bits per heavy atom. The second-order valence-electron chi connectivity index (χ2n) is 5.11. The first-order chi connectivity index (χ1) is 9.06. The number of anilines is 2. The molecule has 0 spiro atoms. The molecule has 19 heavy (non-hydrogen) atoms. The zero-order valence-corrected chi connectivity index (χ0v) is 12.1. The number of hydrogen-bond donors (Lipinski definition) is 3. The van der Waals surface area contributed by atoms with Gasteiger partial charge in [-0.3, -0.25) is 4.79 Å². The van der Waals surface area contributed by atoms with E-state index in [-0.39, 0.29) is 0 Å². The molecule has 1 aliphatic rings. The SMILES string of the molecule is CSC1(CNc2ccc(N)c(C(N)=O)c2)CCCC1. The van der Waals surface area contributed by atoms with E-state index in [2.05, 4.69) is 11.6 Å². The molecule has 1 aliphatic carbocycles. The van der Waals surface area contributed by atoms with Gasteiger partial charge in [0.1, 0.15) is 0 Å². The maximum Gasteiger partial charge on any atom is 0.250 e. The Morgan fingerprint density at radius 2 is 2.11 bits per heavy atom. The van der Waals surface area contributed by atoms with Crippen molar-refractivity contribution in [1.82, 2.24) is 0 Å². The van der Waals surface area contributed by atoms with Crippen LogP contribution in [0.3, 0.4) is 0 Å². The number of benzene rings is 1. The van der Waals surface area contributed by atoms with Crippen LogP contribution >= 0.6 is 11.8 Å². The summed E-state index contributed by atoms with van der Waals surface area (Å²) >= 11 is 1.93. The molecule has 1 saturated carbocycles. The van der Waals surface area contributed by atoms with Crippen molar-refractivity contribution in [3.63, 3.8) is 0 Å². The number of nitrogens with one attached hydrogen (secondary N) is 1. The van der Waals surface area contributed by atoms with Crippen LogP contribution in [-0.4, -0.2) is 23.5 Å². The predicted molar refractivity (Wildman–Crippen MR) is 82.6 cm³/mol. The standard InChI is InChI=1S/C14H21N3OS/c1-19-14(6-2-3-7-14)9-17-10-4-5-12(15)11(8-10)13(16)18/h4-5,8,17H,2-3,6-7,9,15H2,1H3,(H2,16,18). The van der Waals surface area contributed by atoms with Crippen LogP contribution in [-0.2, 0) is 0 Å². The first-order valence-corrected chi connectivity index (χ1v) is 7.77. The van der Waals surface area contributed by atoms with E-state index in [0.717, 1.165) is 12.2 Å². The van der Waals surface area contributed by atoms with Gasteiger partial charge in [0.15, 0.2) is 0 Å². The molecule has 0 saturated heterocycles. The highest BCUT2D eigenvalue weighted by molar-refractivity contribution is 8.00. The van der Waals surface area contributed by atoms with Crippen molar-refractivity contribution in [3.05, 3.63) is 23.8 Å². The van der Waals surface area contributed by atoms with Crippen molar-refractivity contribution in [3.8, 4) is 0 Å². The van der Waals surface area contributed by atoms with Crippen LogP contribution in [0.1, 0.15) is 36.0 Å². The Kier molecular flexibility index (Phi) is 4.24. The molecule has 1 amide bonds. The van der Waals surface area contributed by atoms with Gasteiger partial charge in [0.2, 0.25) is 0 Å². The van der Waals surface area contributed by atoms with E-state index in [1.807, 2.05) is 17.8 Å². The first-order valence-electron chi connectivity index (χ1n) is 6.55. The third-order valence-electron chi connectivity index (χ3n) is 3.88. The van der Waals surface area contributed by atoms with Crippen LogP contribution in [0.25, 0.3) is 0 Å². The molecule has 1 aromatic rings. The summed E-state index contributed by atoms with van der Waals surface area (Å²) < 4.78 is 0.328. The van der Waals surface area contributed by atoms with Gasteiger partial charge in [-0.2, -0.15) is 11.8 Å². The van der Waals surface area contributed by atoms with Crippen LogP contribution in [0.2, 0.25) is 0 Å². The third-order valence-corrected chi connectivity index (χ3v) is 5.30. The summed E-state index contributed by atoms with van der Waals surface area (Å²) in [4.78, 5) is 11.3. The Morgan fingerprint density at radius 1 is 1.42 bits per heavy atom. The van der Waals surface area contributed by atoms with Crippen LogP contribution in [0.5, 0.6) is 0 Å². The van der Waals surface area contributed by atoms with Crippen LogP contribution in [0.15, 0.2) is 18.2 Å². The first kappa shape index (κ1) is 14.1. The van der Waals surface area contributed by atoms with Crippen molar-refractivity contribution >= 4 is 29.0 Å². The summed E-state index contributed by atoms with van der Waals surface area (Å²) in [6.45, 7) is 0.913. The molecule has 5 heteroatoms. The highest BCUT2D eigenvalue weighted by Gasteiger charge is 2.32. The zero-order chi connectivity index (χ0) is 13.9. The number of nitrogens with two attached hydrogens (primary N) is 2. The molecule has 0 unspecified atom stereocenters. The molecule has 0 aromatic heterocycles. The molecule has 0 heterocycles. The van der Waals surface area contributed by atoms with Crippen molar-refractivity contribution in [1.29, 1.82) is 0 Å². The fraction of sp³-hybridized carbons (Fsp3) is 0.500. The lowest BCUT2D eigenvalue weighted by molar-refractivity contribution is 0.100. The minimum atomic E-state index is -0.485. The lowest BCUT2D eigenvalue weighted by atomic mass is 10.1. The second-order valence-corrected chi connectivity index (χ2v) is 6.39. The van der Waals surface area contributed by atoms with E-state index in [0.29, 0.717) is 16.0 Å². The van der Waals surface area contributed by atoms with Gasteiger partial charge < -0.3 is 16.8 Å². The van der Waals surface area contributed by atoms with E-state index in [4.69, 9.17) is 11.5 Å². The third kappa shape index (κ3) is 3.15. The van der Waals surface area contributed by atoms with Crippen LogP contribution in [0.4, 0.5) is 11.4 Å². The lowest BCUT2D eigenvalue weighted by Gasteiger charge is -2.27. The van der Waals surface area contributed by atoms with Crippen molar-refractivity contribution in [2.75, 3.05) is 23.9 Å². The minimum absolute atomic E-state index is 0.328. The fourth-order valence-electron chi connectivity index (χ4n) is 2.62. The quantitative estimate of drug-likeness (QED) is 0.723. The number of amides is 1. The average Bonchev–Trinajstić information content (AvgIpc) is 2.87. The van der Waals surface area contributed by atoms with Gasteiger partial charge in [0.25, 0.3) is 5.91 Å². The van der Waals surface area contributed by atoms with Gasteiger partial charge in [0.05, 0.1) is 5.56 Å². The second kappa shape index (κ2) is 5.74. The summed E-state index contributed by atoms with van der Waals surface area (Å²) in [6, 6.07) is 5.36. The summed E-state index contributed by atoms with van der Waals surface area (Å²) in [7, 11) is 0. The smallest absolute Gasteiger partial charge is 0.250 e. The van der Waals surface area contributed by atoms with Gasteiger partial charge in [-0.1, -0.05) is 12.8 Å². The molecule has 0 aliphatic heterocycles. The number of carbonyl (C=O) groups excluding carboxylic acids is 1.